The van der Waals surface area contributed by atoms with Gasteiger partial charge in [0.2, 0.25) is 6.08 Å². The van der Waals surface area contributed by atoms with E-state index in [1.807, 2.05) is 12.1 Å². The molecule has 0 atom stereocenters. The van der Waals surface area contributed by atoms with Crippen molar-refractivity contribution in [2.75, 3.05) is 0 Å². The third kappa shape index (κ3) is 1.06. The second-order valence-electron chi connectivity index (χ2n) is 2.21. The molecule has 1 aliphatic heterocycles. The van der Waals surface area contributed by atoms with E-state index < -0.39 is 7.25 Å². The average Bonchev–Trinajstić information content (AvgIpc) is 2.47. The van der Waals surface area contributed by atoms with E-state index in [2.05, 4.69) is 4.90 Å². The minimum atomic E-state index is -0.861. The van der Waals surface area contributed by atoms with Crippen LogP contribution in [-0.4, -0.2) is 13.3 Å². The van der Waals surface area contributed by atoms with Gasteiger partial charge in [-0.1, -0.05) is 12.1 Å². The lowest BCUT2D eigenvalue weighted by molar-refractivity contribution is 0.499. The van der Waals surface area contributed by atoms with Crippen LogP contribution in [0.1, 0.15) is 0 Å². The zero-order valence-electron chi connectivity index (χ0n) is 6.06. The molecule has 0 saturated carbocycles. The number of isocyanates is 1. The standard InChI is InChI=1S/C7H4BNO3/c10-5-9-8-11-6-3-1-2-4-7(6)12-8/h1-4H. The Bertz CT molecular complexity index is 323. The predicted molar refractivity (Wildman–Crippen MR) is 41.6 cm³/mol. The van der Waals surface area contributed by atoms with Crippen LogP contribution in [0, 0.1) is 0 Å². The Morgan fingerprint density at radius 1 is 1.25 bits per heavy atom. The number of carbonyl (C=O) groups excluding carboxylic acids is 1. The molecule has 0 aromatic heterocycles. The van der Waals surface area contributed by atoms with Gasteiger partial charge in [-0.2, -0.15) is 4.90 Å². The molecule has 12 heavy (non-hydrogen) atoms. The number of rotatable bonds is 1. The lowest BCUT2D eigenvalue weighted by Gasteiger charge is -1.91. The third-order valence-electron chi connectivity index (χ3n) is 1.46. The molecule has 1 heterocycles. The number of fused-ring (bicyclic) bond motifs is 1. The van der Waals surface area contributed by atoms with Gasteiger partial charge in [0.05, 0.1) is 0 Å². The summed E-state index contributed by atoms with van der Waals surface area (Å²) in [6, 6.07) is 7.12. The fourth-order valence-corrected chi connectivity index (χ4v) is 0.982. The molecule has 0 unspecified atom stereocenters. The SMILES string of the molecule is O=C=NB1Oc2ccccc2O1. The molecule has 0 aliphatic carbocycles. The Labute approximate surface area is 69.0 Å². The molecule has 1 aromatic rings. The second kappa shape index (κ2) is 2.72. The molecule has 0 saturated heterocycles. The number of benzene rings is 1. The summed E-state index contributed by atoms with van der Waals surface area (Å²) in [5, 5.41) is 0. The van der Waals surface area contributed by atoms with Crippen molar-refractivity contribution in [2.24, 2.45) is 4.90 Å². The minimum absolute atomic E-state index is 0.599. The largest absolute Gasteiger partial charge is 0.768 e. The summed E-state index contributed by atoms with van der Waals surface area (Å²) in [5.41, 5.74) is 0. The fraction of sp³-hybridized carbons (Fsp3) is 0. The number of nitrogens with zero attached hydrogens (tertiary/aromatic N) is 1. The molecule has 0 amide bonds. The normalized spacial score (nSPS) is 12.5. The van der Waals surface area contributed by atoms with Crippen LogP contribution in [0.2, 0.25) is 0 Å². The minimum Gasteiger partial charge on any atom is -0.502 e. The van der Waals surface area contributed by atoms with Crippen LogP contribution in [0.3, 0.4) is 0 Å². The summed E-state index contributed by atoms with van der Waals surface area (Å²) >= 11 is 0. The van der Waals surface area contributed by atoms with Crippen LogP contribution in [0.25, 0.3) is 0 Å². The van der Waals surface area contributed by atoms with Crippen LogP contribution in [0.5, 0.6) is 11.5 Å². The van der Waals surface area contributed by atoms with Gasteiger partial charge in [0.25, 0.3) is 0 Å². The molecule has 4 nitrogen and oxygen atoms in total. The lowest BCUT2D eigenvalue weighted by Crippen LogP contribution is -2.21. The quantitative estimate of drug-likeness (QED) is 0.347. The third-order valence-corrected chi connectivity index (χ3v) is 1.46. The van der Waals surface area contributed by atoms with Crippen LogP contribution in [0.4, 0.5) is 0 Å². The van der Waals surface area contributed by atoms with E-state index in [1.165, 1.54) is 6.08 Å². The maximum atomic E-state index is 9.86. The molecular weight excluding hydrogens is 157 g/mol. The fourth-order valence-electron chi connectivity index (χ4n) is 0.982. The van der Waals surface area contributed by atoms with Gasteiger partial charge in [-0.25, -0.2) is 4.79 Å². The van der Waals surface area contributed by atoms with Gasteiger partial charge in [-0.3, -0.25) is 0 Å². The van der Waals surface area contributed by atoms with E-state index in [-0.39, 0.29) is 0 Å². The Balaban J connectivity index is 2.27. The van der Waals surface area contributed by atoms with E-state index >= 15 is 0 Å². The number of hydrogen-bond donors (Lipinski definition) is 0. The Hall–Kier alpha value is -1.74. The molecule has 2 rings (SSSR count). The van der Waals surface area contributed by atoms with Crippen LogP contribution < -0.4 is 9.31 Å². The topological polar surface area (TPSA) is 47.9 Å². The summed E-state index contributed by atoms with van der Waals surface area (Å²) in [4.78, 5) is 13.1. The first-order chi connectivity index (χ1) is 5.90. The van der Waals surface area contributed by atoms with E-state index in [0.29, 0.717) is 11.5 Å². The van der Waals surface area contributed by atoms with Gasteiger partial charge in [0, 0.05) is 0 Å². The summed E-state index contributed by atoms with van der Waals surface area (Å²) in [7, 11) is -0.861. The maximum absolute atomic E-state index is 9.86. The smallest absolute Gasteiger partial charge is 0.502 e. The number of hydrogen-bond acceptors (Lipinski definition) is 4. The maximum Gasteiger partial charge on any atom is 0.768 e. The zero-order chi connectivity index (χ0) is 8.39. The Kier molecular flexibility index (Phi) is 1.57. The average molecular weight is 161 g/mol. The molecule has 58 valence electrons. The first-order valence-corrected chi connectivity index (χ1v) is 3.39. The van der Waals surface area contributed by atoms with Crippen LogP contribution in [0.15, 0.2) is 29.2 Å². The van der Waals surface area contributed by atoms with E-state index in [9.17, 15) is 4.79 Å². The molecular formula is C7H4BNO3. The number of para-hydroxylation sites is 2. The molecule has 0 bridgehead atoms. The Morgan fingerprint density at radius 2 is 1.83 bits per heavy atom. The first kappa shape index (κ1) is 6.94. The van der Waals surface area contributed by atoms with Crippen molar-refractivity contribution in [3.8, 4) is 11.5 Å². The summed E-state index contributed by atoms with van der Waals surface area (Å²) in [5.74, 6) is 1.20. The molecule has 0 spiro atoms. The predicted octanol–water partition coefficient (Wildman–Crippen LogP) is 0.778. The van der Waals surface area contributed by atoms with Gasteiger partial charge in [0.15, 0.2) is 0 Å². The second-order valence-corrected chi connectivity index (χ2v) is 2.21. The van der Waals surface area contributed by atoms with Crippen molar-refractivity contribution < 1.29 is 14.1 Å². The van der Waals surface area contributed by atoms with Crippen molar-refractivity contribution in [1.29, 1.82) is 0 Å². The van der Waals surface area contributed by atoms with Crippen LogP contribution >= 0.6 is 0 Å². The molecule has 1 aliphatic rings. The van der Waals surface area contributed by atoms with Crippen molar-refractivity contribution in [2.45, 2.75) is 0 Å². The molecule has 5 heteroatoms. The van der Waals surface area contributed by atoms with Crippen LogP contribution in [-0.2, 0) is 4.79 Å². The highest BCUT2D eigenvalue weighted by Crippen LogP contribution is 2.32. The van der Waals surface area contributed by atoms with Crippen molar-refractivity contribution in [3.63, 3.8) is 0 Å². The zero-order valence-corrected chi connectivity index (χ0v) is 6.06. The Morgan fingerprint density at radius 3 is 2.33 bits per heavy atom. The van der Waals surface area contributed by atoms with Gasteiger partial charge in [0.1, 0.15) is 11.5 Å². The van der Waals surface area contributed by atoms with Gasteiger partial charge >= 0.3 is 7.25 Å². The summed E-state index contributed by atoms with van der Waals surface area (Å²) in [6.07, 6.45) is 1.37. The molecule has 0 N–H and O–H groups in total. The summed E-state index contributed by atoms with van der Waals surface area (Å²) < 4.78 is 10.2. The monoisotopic (exact) mass is 161 g/mol. The summed E-state index contributed by atoms with van der Waals surface area (Å²) in [6.45, 7) is 0. The van der Waals surface area contributed by atoms with Crippen molar-refractivity contribution in [3.05, 3.63) is 24.3 Å². The molecule has 0 fully saturated rings. The highest BCUT2D eigenvalue weighted by molar-refractivity contribution is 6.46. The highest BCUT2D eigenvalue weighted by Gasteiger charge is 2.32. The highest BCUT2D eigenvalue weighted by atomic mass is 16.6. The lowest BCUT2D eigenvalue weighted by atomic mass is 10.2. The van der Waals surface area contributed by atoms with E-state index in [1.54, 1.807) is 12.1 Å². The molecule has 1 aromatic carbocycles. The van der Waals surface area contributed by atoms with Crippen molar-refractivity contribution >= 4 is 13.3 Å². The van der Waals surface area contributed by atoms with E-state index in [0.717, 1.165) is 0 Å². The first-order valence-electron chi connectivity index (χ1n) is 3.39. The van der Waals surface area contributed by atoms with Gasteiger partial charge in [-0.15, -0.1) is 0 Å². The van der Waals surface area contributed by atoms with Gasteiger partial charge in [-0.05, 0) is 12.1 Å². The van der Waals surface area contributed by atoms with Crippen molar-refractivity contribution in [1.82, 2.24) is 0 Å². The molecule has 0 radical (unpaired) electrons. The van der Waals surface area contributed by atoms with Gasteiger partial charge < -0.3 is 9.31 Å². The van der Waals surface area contributed by atoms with E-state index in [4.69, 9.17) is 9.31 Å².